The third-order valence-corrected chi connectivity index (χ3v) is 5.10. The van der Waals surface area contributed by atoms with Crippen LogP contribution >= 0.6 is 24.9 Å². The molecule has 0 radical (unpaired) electrons. The van der Waals surface area contributed by atoms with E-state index in [0.717, 1.165) is 0 Å². The fourth-order valence-electron chi connectivity index (χ4n) is 1.08. The Hall–Kier alpha value is 0.430. The Morgan fingerprint density at radius 1 is 1.29 bits per heavy atom. The third kappa shape index (κ3) is 4.90. The molecule has 0 saturated carbocycles. The molecule has 1 saturated heterocycles. The van der Waals surface area contributed by atoms with Crippen molar-refractivity contribution < 1.29 is 31.5 Å². The second-order valence-electron chi connectivity index (χ2n) is 3.33. The first-order valence-electron chi connectivity index (χ1n) is 4.87. The van der Waals surface area contributed by atoms with E-state index < -0.39 is 30.5 Å². The zero-order chi connectivity index (χ0) is 12.9. The third-order valence-electron chi connectivity index (χ3n) is 2.21. The molecule has 10 heteroatoms. The molecular formula is C7H15O7P3+2. The maximum Gasteiger partial charge on any atom is 0.748 e. The van der Waals surface area contributed by atoms with Gasteiger partial charge < -0.3 is 9.05 Å². The van der Waals surface area contributed by atoms with Crippen LogP contribution in [0.5, 0.6) is 0 Å². The van der Waals surface area contributed by atoms with Crippen LogP contribution in [0.15, 0.2) is 0 Å². The number of hydrogen-bond donors (Lipinski definition) is 0. The fraction of sp³-hybridized carbons (Fsp3) is 1.00. The van der Waals surface area contributed by atoms with Crippen molar-refractivity contribution in [3.05, 3.63) is 0 Å². The fourth-order valence-corrected chi connectivity index (χ4v) is 3.37. The second kappa shape index (κ2) is 7.13. The van der Waals surface area contributed by atoms with E-state index in [1.54, 1.807) is 0 Å². The van der Waals surface area contributed by atoms with Crippen molar-refractivity contribution >= 4 is 24.9 Å². The van der Waals surface area contributed by atoms with Gasteiger partial charge in [0.2, 0.25) is 0 Å². The van der Waals surface area contributed by atoms with Crippen LogP contribution in [0.1, 0.15) is 13.3 Å². The summed E-state index contributed by atoms with van der Waals surface area (Å²) >= 11 is 0. The zero-order valence-corrected chi connectivity index (χ0v) is 12.5. The molecule has 17 heavy (non-hydrogen) atoms. The van der Waals surface area contributed by atoms with Gasteiger partial charge in [-0.1, -0.05) is 6.92 Å². The molecule has 0 aliphatic carbocycles. The molecule has 0 bridgehead atoms. The van der Waals surface area contributed by atoms with E-state index in [9.17, 15) is 9.13 Å². The molecule has 0 spiro atoms. The van der Waals surface area contributed by atoms with Crippen molar-refractivity contribution in [2.75, 3.05) is 27.0 Å². The van der Waals surface area contributed by atoms with E-state index in [-0.39, 0.29) is 13.2 Å². The minimum atomic E-state index is -2.53. The molecule has 0 aromatic carbocycles. The predicted octanol–water partition coefficient (Wildman–Crippen LogP) is 3.12. The van der Waals surface area contributed by atoms with Crippen LogP contribution in [0.3, 0.4) is 0 Å². The Morgan fingerprint density at radius 3 is 2.35 bits per heavy atom. The summed E-state index contributed by atoms with van der Waals surface area (Å²) in [5.41, 5.74) is -0.813. The van der Waals surface area contributed by atoms with Crippen LogP contribution in [0.2, 0.25) is 0 Å². The van der Waals surface area contributed by atoms with Crippen LogP contribution in [-0.4, -0.2) is 32.6 Å². The molecule has 2 atom stereocenters. The van der Waals surface area contributed by atoms with E-state index in [0.29, 0.717) is 6.42 Å². The van der Waals surface area contributed by atoms with Gasteiger partial charge in [-0.05, 0) is 6.42 Å². The number of rotatable bonds is 6. The van der Waals surface area contributed by atoms with Crippen LogP contribution in [0, 0.1) is 0 Å². The predicted molar refractivity (Wildman–Crippen MR) is 62.2 cm³/mol. The molecule has 0 aromatic heterocycles. The Labute approximate surface area is 103 Å². The molecule has 1 aliphatic heterocycles. The first kappa shape index (κ1) is 15.5. The highest BCUT2D eigenvalue weighted by Crippen LogP contribution is 2.47. The molecule has 2 unspecified atom stereocenters. The zero-order valence-electron chi connectivity index (χ0n) is 9.82. The molecule has 0 amide bonds. The molecule has 0 aromatic rings. The normalized spacial score (nSPS) is 31.1. The minimum absolute atomic E-state index is 0.278. The van der Waals surface area contributed by atoms with Gasteiger partial charge in [-0.2, -0.15) is 0 Å². The SMILES string of the molecule is CCC1(O[P+](=O)O[P+](=O)OC)COP(C)OC1. The monoisotopic (exact) mass is 304 g/mol. The van der Waals surface area contributed by atoms with Crippen LogP contribution in [0.25, 0.3) is 0 Å². The molecule has 1 fully saturated rings. The van der Waals surface area contributed by atoms with E-state index in [4.69, 9.17) is 13.6 Å². The van der Waals surface area contributed by atoms with Gasteiger partial charge in [0, 0.05) is 15.8 Å². The largest absolute Gasteiger partial charge is 0.748 e. The standard InChI is InChI=1S/C7H15O7P3/c1-4-7(5-11-15(3)12-6-7)13-17(9)14-16(8)10-2/h4-6H2,1-3H3/q+2. The molecular weight excluding hydrogens is 289 g/mol. The highest BCUT2D eigenvalue weighted by Gasteiger charge is 2.49. The van der Waals surface area contributed by atoms with Gasteiger partial charge >= 0.3 is 16.5 Å². The van der Waals surface area contributed by atoms with Gasteiger partial charge in [0.25, 0.3) is 0 Å². The number of hydrogen-bond acceptors (Lipinski definition) is 7. The van der Waals surface area contributed by atoms with Crippen LogP contribution in [0.4, 0.5) is 0 Å². The summed E-state index contributed by atoms with van der Waals surface area (Å²) in [6.45, 7) is 4.24. The van der Waals surface area contributed by atoms with Gasteiger partial charge in [-0.3, -0.25) is 0 Å². The molecule has 7 nitrogen and oxygen atoms in total. The van der Waals surface area contributed by atoms with E-state index in [2.05, 4.69) is 8.83 Å². The minimum Gasteiger partial charge on any atom is -0.331 e. The lowest BCUT2D eigenvalue weighted by atomic mass is 10.0. The maximum atomic E-state index is 11.5. The summed E-state index contributed by atoms with van der Waals surface area (Å²) in [6, 6.07) is 0. The molecule has 0 N–H and O–H groups in total. The Balaban J connectivity index is 2.51. The summed E-state index contributed by atoms with van der Waals surface area (Å²) in [6.07, 6.45) is 0.546. The Bertz CT molecular complexity index is 289. The van der Waals surface area contributed by atoms with E-state index in [1.165, 1.54) is 7.11 Å². The topological polar surface area (TPSA) is 80.3 Å². The van der Waals surface area contributed by atoms with Crippen molar-refractivity contribution in [3.8, 4) is 0 Å². The van der Waals surface area contributed by atoms with Gasteiger partial charge in [0.1, 0.15) is 0 Å². The second-order valence-corrected chi connectivity index (χ2v) is 6.82. The highest BCUT2D eigenvalue weighted by molar-refractivity contribution is 7.47. The van der Waals surface area contributed by atoms with Crippen molar-refractivity contribution in [1.29, 1.82) is 0 Å². The summed E-state index contributed by atoms with van der Waals surface area (Å²) in [7, 11) is -4.66. The van der Waals surface area contributed by atoms with Crippen molar-refractivity contribution in [2.24, 2.45) is 0 Å². The van der Waals surface area contributed by atoms with Gasteiger partial charge in [0.05, 0.1) is 20.3 Å². The molecule has 1 aliphatic rings. The maximum absolute atomic E-state index is 11.5. The average molecular weight is 304 g/mol. The van der Waals surface area contributed by atoms with Crippen molar-refractivity contribution in [3.63, 3.8) is 0 Å². The lowest BCUT2D eigenvalue weighted by molar-refractivity contribution is -0.0467. The van der Waals surface area contributed by atoms with E-state index in [1.807, 2.05) is 13.6 Å². The lowest BCUT2D eigenvalue weighted by Gasteiger charge is -2.32. The Kier molecular flexibility index (Phi) is 6.49. The Morgan fingerprint density at radius 2 is 1.88 bits per heavy atom. The molecule has 1 rings (SSSR count). The lowest BCUT2D eigenvalue weighted by Crippen LogP contribution is -2.42. The van der Waals surface area contributed by atoms with Gasteiger partial charge in [0.15, 0.2) is 18.3 Å². The quantitative estimate of drug-likeness (QED) is 0.697. The summed E-state index contributed by atoms with van der Waals surface area (Å²) < 4.78 is 47.2. The van der Waals surface area contributed by atoms with E-state index >= 15 is 0 Å². The average Bonchev–Trinajstić information content (AvgIpc) is 2.32. The molecule has 1 heterocycles. The highest BCUT2D eigenvalue weighted by atomic mass is 31.2. The van der Waals surface area contributed by atoms with Crippen LogP contribution < -0.4 is 0 Å². The van der Waals surface area contributed by atoms with Gasteiger partial charge in [-0.25, -0.2) is 0 Å². The van der Waals surface area contributed by atoms with Crippen molar-refractivity contribution in [1.82, 2.24) is 0 Å². The van der Waals surface area contributed by atoms with Crippen molar-refractivity contribution in [2.45, 2.75) is 18.9 Å². The first-order chi connectivity index (χ1) is 8.01. The smallest absolute Gasteiger partial charge is 0.331 e. The molecule has 98 valence electrons. The summed E-state index contributed by atoms with van der Waals surface area (Å²) in [5, 5.41) is 0. The van der Waals surface area contributed by atoms with Gasteiger partial charge in [-0.15, -0.1) is 9.05 Å². The summed E-state index contributed by atoms with van der Waals surface area (Å²) in [4.78, 5) is 0. The summed E-state index contributed by atoms with van der Waals surface area (Å²) in [5.74, 6) is 0. The first-order valence-corrected chi connectivity index (χ1v) is 8.68. The van der Waals surface area contributed by atoms with Crippen LogP contribution in [-0.2, 0) is 31.5 Å².